The summed E-state index contributed by atoms with van der Waals surface area (Å²) in [6, 6.07) is 8.40. The first-order valence-corrected chi connectivity index (χ1v) is 6.70. The van der Waals surface area contributed by atoms with Crippen molar-refractivity contribution in [3.8, 4) is 0 Å². The number of carbonyl (C=O) groups is 1. The van der Waals surface area contributed by atoms with Crippen molar-refractivity contribution in [3.63, 3.8) is 0 Å². The molecule has 1 saturated heterocycles. The number of benzene rings is 1. The molecule has 1 unspecified atom stereocenters. The van der Waals surface area contributed by atoms with E-state index in [4.69, 9.17) is 0 Å². The predicted molar refractivity (Wildman–Crippen MR) is 73.9 cm³/mol. The summed E-state index contributed by atoms with van der Waals surface area (Å²) < 4.78 is 0. The average molecular weight is 246 g/mol. The Kier molecular flexibility index (Phi) is 4.02. The van der Waals surface area contributed by atoms with Gasteiger partial charge in [0.05, 0.1) is 0 Å². The SMILES string of the molecule is CC1CN(C(=O)c2ccc(C(C)C)cc2)CCN1. The van der Waals surface area contributed by atoms with Crippen LogP contribution in [0, 0.1) is 0 Å². The summed E-state index contributed by atoms with van der Waals surface area (Å²) in [5, 5.41) is 3.35. The highest BCUT2D eigenvalue weighted by atomic mass is 16.2. The van der Waals surface area contributed by atoms with Crippen LogP contribution >= 0.6 is 0 Å². The number of rotatable bonds is 2. The van der Waals surface area contributed by atoms with Gasteiger partial charge in [-0.2, -0.15) is 0 Å². The van der Waals surface area contributed by atoms with Gasteiger partial charge in [0.15, 0.2) is 0 Å². The van der Waals surface area contributed by atoms with Crippen LogP contribution in [0.15, 0.2) is 24.3 Å². The molecule has 1 amide bonds. The molecule has 1 aromatic carbocycles. The van der Waals surface area contributed by atoms with E-state index >= 15 is 0 Å². The summed E-state index contributed by atoms with van der Waals surface area (Å²) in [5.74, 6) is 0.659. The standard InChI is InChI=1S/C15H22N2O/c1-11(2)13-4-6-14(7-5-13)15(18)17-9-8-16-12(3)10-17/h4-7,11-12,16H,8-10H2,1-3H3. The van der Waals surface area contributed by atoms with Gasteiger partial charge in [-0.1, -0.05) is 26.0 Å². The fraction of sp³-hybridized carbons (Fsp3) is 0.533. The van der Waals surface area contributed by atoms with Gasteiger partial charge in [-0.25, -0.2) is 0 Å². The molecule has 0 aliphatic carbocycles. The summed E-state index contributed by atoms with van der Waals surface area (Å²) in [6.07, 6.45) is 0. The van der Waals surface area contributed by atoms with Crippen LogP contribution in [-0.4, -0.2) is 36.5 Å². The van der Waals surface area contributed by atoms with Gasteiger partial charge in [0.2, 0.25) is 0 Å². The summed E-state index contributed by atoms with van der Waals surface area (Å²) in [7, 11) is 0. The van der Waals surface area contributed by atoms with Gasteiger partial charge >= 0.3 is 0 Å². The van der Waals surface area contributed by atoms with E-state index in [0.29, 0.717) is 12.0 Å². The summed E-state index contributed by atoms with van der Waals surface area (Å²) in [6.45, 7) is 8.92. The third-order valence-corrected chi connectivity index (χ3v) is 3.48. The Balaban J connectivity index is 2.08. The first-order chi connectivity index (χ1) is 8.58. The lowest BCUT2D eigenvalue weighted by molar-refractivity contribution is 0.0709. The Morgan fingerprint density at radius 3 is 2.56 bits per heavy atom. The van der Waals surface area contributed by atoms with Crippen molar-refractivity contribution in [2.45, 2.75) is 32.7 Å². The lowest BCUT2D eigenvalue weighted by Gasteiger charge is -2.32. The highest BCUT2D eigenvalue weighted by molar-refractivity contribution is 5.94. The van der Waals surface area contributed by atoms with E-state index in [1.165, 1.54) is 5.56 Å². The number of carbonyl (C=O) groups excluding carboxylic acids is 1. The maximum Gasteiger partial charge on any atom is 0.253 e. The van der Waals surface area contributed by atoms with Crippen molar-refractivity contribution in [3.05, 3.63) is 35.4 Å². The van der Waals surface area contributed by atoms with Crippen molar-refractivity contribution in [1.82, 2.24) is 10.2 Å². The molecule has 0 aromatic heterocycles. The molecular weight excluding hydrogens is 224 g/mol. The Hall–Kier alpha value is -1.35. The Bertz CT molecular complexity index is 411. The van der Waals surface area contributed by atoms with Crippen LogP contribution in [0.4, 0.5) is 0 Å². The third kappa shape index (κ3) is 2.91. The van der Waals surface area contributed by atoms with Gasteiger partial charge in [0.25, 0.3) is 5.91 Å². The monoisotopic (exact) mass is 246 g/mol. The van der Waals surface area contributed by atoms with Crippen LogP contribution in [0.25, 0.3) is 0 Å². The minimum atomic E-state index is 0.152. The van der Waals surface area contributed by atoms with Crippen molar-refractivity contribution in [2.24, 2.45) is 0 Å². The first kappa shape index (κ1) is 13.1. The van der Waals surface area contributed by atoms with Crippen molar-refractivity contribution in [1.29, 1.82) is 0 Å². The maximum atomic E-state index is 12.3. The van der Waals surface area contributed by atoms with E-state index in [1.807, 2.05) is 17.0 Å². The van der Waals surface area contributed by atoms with Gasteiger partial charge in [-0.05, 0) is 30.5 Å². The molecule has 1 atom stereocenters. The van der Waals surface area contributed by atoms with E-state index in [0.717, 1.165) is 25.2 Å². The van der Waals surface area contributed by atoms with Gasteiger partial charge in [0.1, 0.15) is 0 Å². The molecule has 1 aromatic rings. The van der Waals surface area contributed by atoms with Crippen molar-refractivity contribution >= 4 is 5.91 Å². The van der Waals surface area contributed by atoms with Crippen molar-refractivity contribution in [2.75, 3.05) is 19.6 Å². The van der Waals surface area contributed by atoms with E-state index in [2.05, 4.69) is 38.2 Å². The molecule has 2 rings (SSSR count). The maximum absolute atomic E-state index is 12.3. The fourth-order valence-electron chi connectivity index (χ4n) is 2.31. The van der Waals surface area contributed by atoms with Gasteiger partial charge in [-0.15, -0.1) is 0 Å². The molecule has 18 heavy (non-hydrogen) atoms. The lowest BCUT2D eigenvalue weighted by Crippen LogP contribution is -2.51. The second-order valence-electron chi connectivity index (χ2n) is 5.38. The van der Waals surface area contributed by atoms with Crippen molar-refractivity contribution < 1.29 is 4.79 Å². The fourth-order valence-corrected chi connectivity index (χ4v) is 2.31. The van der Waals surface area contributed by atoms with Gasteiger partial charge in [0, 0.05) is 31.2 Å². The van der Waals surface area contributed by atoms with Crippen LogP contribution in [-0.2, 0) is 0 Å². The normalized spacial score (nSPS) is 20.2. The Morgan fingerprint density at radius 2 is 2.00 bits per heavy atom. The molecule has 1 aliphatic heterocycles. The molecule has 1 N–H and O–H groups in total. The molecule has 1 heterocycles. The summed E-state index contributed by atoms with van der Waals surface area (Å²) >= 11 is 0. The van der Waals surface area contributed by atoms with E-state index < -0.39 is 0 Å². The zero-order valence-corrected chi connectivity index (χ0v) is 11.4. The number of amides is 1. The summed E-state index contributed by atoms with van der Waals surface area (Å²) in [4.78, 5) is 14.3. The van der Waals surface area contributed by atoms with E-state index in [1.54, 1.807) is 0 Å². The van der Waals surface area contributed by atoms with Crippen LogP contribution < -0.4 is 5.32 Å². The number of nitrogens with zero attached hydrogens (tertiary/aromatic N) is 1. The molecule has 3 heteroatoms. The number of hydrogen-bond acceptors (Lipinski definition) is 2. The molecule has 0 spiro atoms. The molecular formula is C15H22N2O. The Labute approximate surface area is 109 Å². The zero-order chi connectivity index (χ0) is 13.1. The number of hydrogen-bond donors (Lipinski definition) is 1. The molecule has 0 radical (unpaired) electrons. The average Bonchev–Trinajstić information content (AvgIpc) is 2.38. The van der Waals surface area contributed by atoms with E-state index in [9.17, 15) is 4.79 Å². The minimum Gasteiger partial charge on any atom is -0.336 e. The first-order valence-electron chi connectivity index (χ1n) is 6.70. The third-order valence-electron chi connectivity index (χ3n) is 3.48. The minimum absolute atomic E-state index is 0.152. The number of nitrogens with one attached hydrogen (secondary N) is 1. The Morgan fingerprint density at radius 1 is 1.33 bits per heavy atom. The van der Waals surface area contributed by atoms with Crippen LogP contribution in [0.5, 0.6) is 0 Å². The second-order valence-corrected chi connectivity index (χ2v) is 5.38. The zero-order valence-electron chi connectivity index (χ0n) is 11.4. The quantitative estimate of drug-likeness (QED) is 0.868. The molecule has 1 fully saturated rings. The topological polar surface area (TPSA) is 32.3 Å². The van der Waals surface area contributed by atoms with Crippen LogP contribution in [0.1, 0.15) is 42.6 Å². The molecule has 1 aliphatic rings. The van der Waals surface area contributed by atoms with Gasteiger partial charge < -0.3 is 10.2 Å². The highest BCUT2D eigenvalue weighted by Crippen LogP contribution is 2.16. The smallest absolute Gasteiger partial charge is 0.253 e. The molecule has 3 nitrogen and oxygen atoms in total. The highest BCUT2D eigenvalue weighted by Gasteiger charge is 2.21. The van der Waals surface area contributed by atoms with Gasteiger partial charge in [-0.3, -0.25) is 4.79 Å². The lowest BCUT2D eigenvalue weighted by atomic mass is 10.0. The van der Waals surface area contributed by atoms with Crippen LogP contribution in [0.2, 0.25) is 0 Å². The summed E-state index contributed by atoms with van der Waals surface area (Å²) in [5.41, 5.74) is 2.08. The van der Waals surface area contributed by atoms with E-state index in [-0.39, 0.29) is 5.91 Å². The predicted octanol–water partition coefficient (Wildman–Crippen LogP) is 2.24. The largest absolute Gasteiger partial charge is 0.336 e. The number of piperazine rings is 1. The molecule has 0 bridgehead atoms. The van der Waals surface area contributed by atoms with Crippen LogP contribution in [0.3, 0.4) is 0 Å². The second kappa shape index (κ2) is 5.53. The molecule has 0 saturated carbocycles. The molecule has 98 valence electrons.